The maximum atomic E-state index is 12.4. The van der Waals surface area contributed by atoms with Crippen molar-refractivity contribution in [1.29, 1.82) is 0 Å². The average molecular weight is 426 g/mol. The lowest BCUT2D eigenvalue weighted by Gasteiger charge is -2.25. The number of nitrogens with one attached hydrogen (secondary N) is 1. The van der Waals surface area contributed by atoms with Gasteiger partial charge in [0.25, 0.3) is 5.91 Å². The number of rotatable bonds is 8. The summed E-state index contributed by atoms with van der Waals surface area (Å²) in [6.07, 6.45) is 0.0733. The highest BCUT2D eigenvalue weighted by Gasteiger charge is 2.38. The van der Waals surface area contributed by atoms with Crippen LogP contribution in [0.25, 0.3) is 0 Å². The third-order valence-electron chi connectivity index (χ3n) is 5.27. The molecule has 31 heavy (non-hydrogen) atoms. The molecule has 3 rings (SSSR count). The zero-order chi connectivity index (χ0) is 22.4. The van der Waals surface area contributed by atoms with E-state index < -0.39 is 24.4 Å². The molecule has 0 spiro atoms. The first-order valence-electron chi connectivity index (χ1n) is 9.95. The number of likely N-dealkylation sites (tertiary alicyclic amines) is 1. The van der Waals surface area contributed by atoms with Gasteiger partial charge in [0.1, 0.15) is 11.5 Å². The fourth-order valence-corrected chi connectivity index (χ4v) is 3.52. The number of ether oxygens (including phenoxy) is 3. The van der Waals surface area contributed by atoms with Crippen molar-refractivity contribution in [3.63, 3.8) is 0 Å². The van der Waals surface area contributed by atoms with Crippen LogP contribution in [0, 0.1) is 5.92 Å². The Kier molecular flexibility index (Phi) is 7.12. The minimum absolute atomic E-state index is 0.0733. The van der Waals surface area contributed by atoms with Crippen molar-refractivity contribution < 1.29 is 28.6 Å². The minimum Gasteiger partial charge on any atom is -0.497 e. The van der Waals surface area contributed by atoms with Gasteiger partial charge in [0.2, 0.25) is 5.91 Å². The lowest BCUT2D eigenvalue weighted by atomic mass is 10.1. The molecule has 1 N–H and O–H groups in total. The number of methoxy groups -OCH3 is 2. The predicted octanol–water partition coefficient (Wildman–Crippen LogP) is 2.80. The first-order chi connectivity index (χ1) is 14.9. The third kappa shape index (κ3) is 5.33. The van der Waals surface area contributed by atoms with Crippen molar-refractivity contribution >= 4 is 23.5 Å². The molecule has 1 aliphatic rings. The summed E-state index contributed by atoms with van der Waals surface area (Å²) in [5.74, 6) is -0.760. The molecule has 0 aromatic heterocycles. The zero-order valence-corrected chi connectivity index (χ0v) is 17.8. The molecular weight excluding hydrogens is 400 g/mol. The molecule has 1 heterocycles. The van der Waals surface area contributed by atoms with E-state index in [0.717, 1.165) is 5.56 Å². The SMILES string of the molecule is COc1ccc(NC(=O)COC(=O)[C@@H]2CC(=O)N([C@H](C)c3ccccc3)C2)c(OC)c1. The second kappa shape index (κ2) is 9.97. The molecule has 0 bridgehead atoms. The van der Waals surface area contributed by atoms with Gasteiger partial charge in [0, 0.05) is 19.0 Å². The number of carbonyl (C=O) groups excluding carboxylic acids is 3. The first kappa shape index (κ1) is 22.1. The van der Waals surface area contributed by atoms with Gasteiger partial charge in [-0.2, -0.15) is 0 Å². The molecule has 1 fully saturated rings. The molecule has 1 saturated heterocycles. The molecule has 1 aliphatic heterocycles. The quantitative estimate of drug-likeness (QED) is 0.653. The van der Waals surface area contributed by atoms with Crippen LogP contribution < -0.4 is 14.8 Å². The monoisotopic (exact) mass is 426 g/mol. The standard InChI is InChI=1S/C23H26N2O6/c1-15(16-7-5-4-6-8-16)25-13-17(11-22(25)27)23(28)31-14-21(26)24-19-10-9-18(29-2)12-20(19)30-3/h4-10,12,15,17H,11,13-14H2,1-3H3,(H,24,26)/t15-,17-/m1/s1. The Morgan fingerprint density at radius 3 is 2.55 bits per heavy atom. The van der Waals surface area contributed by atoms with Crippen LogP contribution in [-0.2, 0) is 19.1 Å². The smallest absolute Gasteiger partial charge is 0.311 e. The van der Waals surface area contributed by atoms with Gasteiger partial charge in [-0.25, -0.2) is 0 Å². The van der Waals surface area contributed by atoms with Crippen LogP contribution in [-0.4, -0.2) is 50.1 Å². The van der Waals surface area contributed by atoms with Gasteiger partial charge in [-0.3, -0.25) is 14.4 Å². The van der Waals surface area contributed by atoms with Gasteiger partial charge in [0.15, 0.2) is 6.61 Å². The summed E-state index contributed by atoms with van der Waals surface area (Å²) in [5.41, 5.74) is 1.43. The number of hydrogen-bond acceptors (Lipinski definition) is 6. The van der Waals surface area contributed by atoms with E-state index in [-0.39, 0.29) is 24.9 Å². The number of benzene rings is 2. The van der Waals surface area contributed by atoms with Crippen LogP contribution in [0.15, 0.2) is 48.5 Å². The van der Waals surface area contributed by atoms with E-state index in [1.807, 2.05) is 37.3 Å². The highest BCUT2D eigenvalue weighted by Crippen LogP contribution is 2.30. The molecule has 8 nitrogen and oxygen atoms in total. The Bertz CT molecular complexity index is 946. The van der Waals surface area contributed by atoms with E-state index in [9.17, 15) is 14.4 Å². The van der Waals surface area contributed by atoms with E-state index in [1.165, 1.54) is 14.2 Å². The van der Waals surface area contributed by atoms with E-state index >= 15 is 0 Å². The van der Waals surface area contributed by atoms with Crippen molar-refractivity contribution in [1.82, 2.24) is 4.90 Å². The number of carbonyl (C=O) groups is 3. The number of nitrogens with zero attached hydrogens (tertiary/aromatic N) is 1. The van der Waals surface area contributed by atoms with Gasteiger partial charge in [-0.05, 0) is 24.6 Å². The molecule has 164 valence electrons. The Morgan fingerprint density at radius 2 is 1.87 bits per heavy atom. The van der Waals surface area contributed by atoms with Gasteiger partial charge >= 0.3 is 5.97 Å². The van der Waals surface area contributed by atoms with E-state index in [4.69, 9.17) is 14.2 Å². The molecule has 2 aromatic carbocycles. The van der Waals surface area contributed by atoms with E-state index in [0.29, 0.717) is 17.2 Å². The van der Waals surface area contributed by atoms with Crippen LogP contribution in [0.4, 0.5) is 5.69 Å². The summed E-state index contributed by atoms with van der Waals surface area (Å²) in [5, 5.41) is 2.64. The van der Waals surface area contributed by atoms with E-state index in [2.05, 4.69) is 5.32 Å². The Hall–Kier alpha value is -3.55. The largest absolute Gasteiger partial charge is 0.497 e. The number of anilines is 1. The van der Waals surface area contributed by atoms with Crippen molar-refractivity contribution in [2.75, 3.05) is 32.7 Å². The second-order valence-electron chi connectivity index (χ2n) is 7.26. The topological polar surface area (TPSA) is 94.2 Å². The molecule has 2 aromatic rings. The van der Waals surface area contributed by atoms with Gasteiger partial charge < -0.3 is 24.4 Å². The van der Waals surface area contributed by atoms with Crippen LogP contribution in [0.5, 0.6) is 11.5 Å². The Balaban J connectivity index is 1.53. The minimum atomic E-state index is -0.595. The maximum Gasteiger partial charge on any atom is 0.311 e. The van der Waals surface area contributed by atoms with Crippen molar-refractivity contribution in [3.8, 4) is 11.5 Å². The Labute approximate surface area is 181 Å². The number of esters is 1. The molecule has 0 unspecified atom stereocenters. The number of hydrogen-bond donors (Lipinski definition) is 1. The fourth-order valence-electron chi connectivity index (χ4n) is 3.52. The molecule has 0 aliphatic carbocycles. The number of amides is 2. The van der Waals surface area contributed by atoms with Crippen LogP contribution in [0.3, 0.4) is 0 Å². The first-order valence-corrected chi connectivity index (χ1v) is 9.95. The average Bonchev–Trinajstić information content (AvgIpc) is 3.19. The predicted molar refractivity (Wildman–Crippen MR) is 114 cm³/mol. The van der Waals surface area contributed by atoms with Gasteiger partial charge in [-0.1, -0.05) is 30.3 Å². The summed E-state index contributed by atoms with van der Waals surface area (Å²) in [6, 6.07) is 14.4. The third-order valence-corrected chi connectivity index (χ3v) is 5.27. The highest BCUT2D eigenvalue weighted by molar-refractivity contribution is 5.95. The summed E-state index contributed by atoms with van der Waals surface area (Å²) >= 11 is 0. The molecule has 0 radical (unpaired) electrons. The van der Waals surface area contributed by atoms with Crippen molar-refractivity contribution in [2.45, 2.75) is 19.4 Å². The molecule has 0 saturated carbocycles. The molecular formula is C23H26N2O6. The zero-order valence-electron chi connectivity index (χ0n) is 17.8. The Morgan fingerprint density at radius 1 is 1.13 bits per heavy atom. The van der Waals surface area contributed by atoms with E-state index in [1.54, 1.807) is 23.1 Å². The lowest BCUT2D eigenvalue weighted by molar-refractivity contribution is -0.151. The summed E-state index contributed by atoms with van der Waals surface area (Å²) in [4.78, 5) is 38.8. The molecule has 8 heteroatoms. The maximum absolute atomic E-state index is 12.4. The second-order valence-corrected chi connectivity index (χ2v) is 7.26. The summed E-state index contributed by atoms with van der Waals surface area (Å²) in [7, 11) is 3.01. The van der Waals surface area contributed by atoms with Crippen LogP contribution in [0.1, 0.15) is 24.9 Å². The van der Waals surface area contributed by atoms with Crippen molar-refractivity contribution in [2.24, 2.45) is 5.92 Å². The van der Waals surface area contributed by atoms with Crippen LogP contribution in [0.2, 0.25) is 0 Å². The molecule has 2 atom stereocenters. The van der Waals surface area contributed by atoms with Crippen LogP contribution >= 0.6 is 0 Å². The normalized spacial score (nSPS) is 16.5. The van der Waals surface area contributed by atoms with Gasteiger partial charge in [0.05, 0.1) is 31.9 Å². The van der Waals surface area contributed by atoms with Gasteiger partial charge in [-0.15, -0.1) is 0 Å². The molecule has 2 amide bonds. The fraction of sp³-hybridized carbons (Fsp3) is 0.348. The summed E-state index contributed by atoms with van der Waals surface area (Å²) < 4.78 is 15.5. The van der Waals surface area contributed by atoms with Crippen molar-refractivity contribution in [3.05, 3.63) is 54.1 Å². The summed E-state index contributed by atoms with van der Waals surface area (Å²) in [6.45, 7) is 1.74. The highest BCUT2D eigenvalue weighted by atomic mass is 16.5. The lowest BCUT2D eigenvalue weighted by Crippen LogP contribution is -2.30.